The van der Waals surface area contributed by atoms with Crippen molar-refractivity contribution >= 4 is 34.5 Å². The number of ether oxygens (including phenoxy) is 1. The second-order valence-electron chi connectivity index (χ2n) is 5.21. The summed E-state index contributed by atoms with van der Waals surface area (Å²) in [4.78, 5) is 26.9. The van der Waals surface area contributed by atoms with Crippen LogP contribution >= 0.6 is 11.6 Å². The number of hydrogen-bond donors (Lipinski definition) is 1. The van der Waals surface area contributed by atoms with Crippen LogP contribution in [0.5, 0.6) is 5.75 Å². The molecule has 1 aromatic carbocycles. The lowest BCUT2D eigenvalue weighted by molar-refractivity contribution is -0.384. The number of fused-ring (bicyclic) bond motifs is 1. The van der Waals surface area contributed by atoms with Crippen LogP contribution in [0.15, 0.2) is 42.7 Å². The number of aromatic nitrogens is 2. The molecular formula is C16H13ClN4O4. The first kappa shape index (κ1) is 16.7. The molecule has 0 spiro atoms. The molecule has 128 valence electrons. The van der Waals surface area contributed by atoms with Crippen LogP contribution in [0.1, 0.15) is 5.69 Å². The molecule has 8 nitrogen and oxygen atoms in total. The van der Waals surface area contributed by atoms with Crippen molar-refractivity contribution in [1.29, 1.82) is 0 Å². The molecule has 0 aliphatic heterocycles. The highest BCUT2D eigenvalue weighted by atomic mass is 35.5. The van der Waals surface area contributed by atoms with Crippen molar-refractivity contribution in [2.45, 2.75) is 6.42 Å². The molecule has 0 aliphatic carbocycles. The van der Waals surface area contributed by atoms with E-state index in [1.165, 1.54) is 25.3 Å². The molecule has 2 aromatic heterocycles. The zero-order chi connectivity index (χ0) is 18.0. The van der Waals surface area contributed by atoms with E-state index in [-0.39, 0.29) is 23.7 Å². The summed E-state index contributed by atoms with van der Waals surface area (Å²) in [5.74, 6) is -0.0333. The van der Waals surface area contributed by atoms with Gasteiger partial charge in [0.25, 0.3) is 5.69 Å². The average Bonchev–Trinajstić information content (AvgIpc) is 2.95. The number of imidazole rings is 1. The molecule has 0 unspecified atom stereocenters. The molecule has 2 heterocycles. The highest BCUT2D eigenvalue weighted by molar-refractivity contribution is 6.30. The van der Waals surface area contributed by atoms with Gasteiger partial charge in [-0.05, 0) is 18.2 Å². The number of nitro groups is 1. The van der Waals surface area contributed by atoms with Gasteiger partial charge in [-0.15, -0.1) is 0 Å². The molecule has 0 atom stereocenters. The summed E-state index contributed by atoms with van der Waals surface area (Å²) in [6, 6.07) is 7.44. The summed E-state index contributed by atoms with van der Waals surface area (Å²) in [5, 5.41) is 14.1. The number of rotatable bonds is 5. The number of nitro benzene ring substituents is 1. The lowest BCUT2D eigenvalue weighted by Crippen LogP contribution is -2.15. The van der Waals surface area contributed by atoms with Crippen molar-refractivity contribution < 1.29 is 14.5 Å². The van der Waals surface area contributed by atoms with Crippen molar-refractivity contribution in [3.63, 3.8) is 0 Å². The summed E-state index contributed by atoms with van der Waals surface area (Å²) in [6.07, 6.45) is 3.39. The molecule has 0 radical (unpaired) electrons. The SMILES string of the molecule is COc1ccc([N+](=O)[O-])cc1NC(=O)Cc1cn2cc(Cl)ccc2n1. The first-order valence-electron chi connectivity index (χ1n) is 7.21. The molecule has 0 saturated carbocycles. The van der Waals surface area contributed by atoms with Crippen LogP contribution in [0.25, 0.3) is 5.65 Å². The van der Waals surface area contributed by atoms with Gasteiger partial charge in [-0.25, -0.2) is 4.98 Å². The number of anilines is 1. The Hall–Kier alpha value is -3.13. The Morgan fingerprint density at radius 2 is 2.16 bits per heavy atom. The van der Waals surface area contributed by atoms with Gasteiger partial charge in [0.1, 0.15) is 11.4 Å². The fraction of sp³-hybridized carbons (Fsp3) is 0.125. The van der Waals surface area contributed by atoms with E-state index in [1.807, 2.05) is 0 Å². The Kier molecular flexibility index (Phi) is 4.53. The molecular weight excluding hydrogens is 348 g/mol. The van der Waals surface area contributed by atoms with Crippen LogP contribution in [0.3, 0.4) is 0 Å². The number of amides is 1. The number of nitrogens with one attached hydrogen (secondary N) is 1. The molecule has 25 heavy (non-hydrogen) atoms. The third kappa shape index (κ3) is 3.69. The summed E-state index contributed by atoms with van der Waals surface area (Å²) in [7, 11) is 1.42. The molecule has 0 fully saturated rings. The lowest BCUT2D eigenvalue weighted by Gasteiger charge is -2.09. The largest absolute Gasteiger partial charge is 0.495 e. The van der Waals surface area contributed by atoms with Crippen LogP contribution in [0.4, 0.5) is 11.4 Å². The summed E-state index contributed by atoms with van der Waals surface area (Å²) in [6.45, 7) is 0. The molecule has 0 bridgehead atoms. The number of carbonyl (C=O) groups excluding carboxylic acids is 1. The van der Waals surface area contributed by atoms with E-state index in [2.05, 4.69) is 10.3 Å². The van der Waals surface area contributed by atoms with Crippen LogP contribution in [0.2, 0.25) is 5.02 Å². The molecule has 3 rings (SSSR count). The van der Waals surface area contributed by atoms with E-state index >= 15 is 0 Å². The van der Waals surface area contributed by atoms with Crippen molar-refractivity contribution in [1.82, 2.24) is 9.38 Å². The van der Waals surface area contributed by atoms with E-state index in [9.17, 15) is 14.9 Å². The third-order valence-corrected chi connectivity index (χ3v) is 3.70. The smallest absolute Gasteiger partial charge is 0.271 e. The van der Waals surface area contributed by atoms with Gasteiger partial charge in [-0.1, -0.05) is 11.6 Å². The number of methoxy groups -OCH3 is 1. The van der Waals surface area contributed by atoms with Crippen molar-refractivity contribution in [3.8, 4) is 5.75 Å². The Balaban J connectivity index is 1.79. The van der Waals surface area contributed by atoms with Crippen LogP contribution < -0.4 is 10.1 Å². The maximum absolute atomic E-state index is 12.3. The number of hydrogen-bond acceptors (Lipinski definition) is 5. The first-order chi connectivity index (χ1) is 12.0. The molecule has 9 heteroatoms. The van der Waals surface area contributed by atoms with Gasteiger partial charge in [-0.2, -0.15) is 0 Å². The summed E-state index contributed by atoms with van der Waals surface area (Å²) in [5.41, 5.74) is 1.30. The van der Waals surface area contributed by atoms with Gasteiger partial charge in [-0.3, -0.25) is 14.9 Å². The van der Waals surface area contributed by atoms with E-state index < -0.39 is 4.92 Å². The standard InChI is InChI=1S/C16H13ClN4O4/c1-25-14-4-3-12(21(23)24)7-13(14)19-16(22)6-11-9-20-8-10(17)2-5-15(20)18-11/h2-5,7-9H,6H2,1H3,(H,19,22). The van der Waals surface area contributed by atoms with Crippen molar-refractivity contribution in [2.24, 2.45) is 0 Å². The number of nitrogens with zero attached hydrogens (tertiary/aromatic N) is 3. The second kappa shape index (κ2) is 6.78. The topological polar surface area (TPSA) is 98.8 Å². The van der Waals surface area contributed by atoms with E-state index in [4.69, 9.17) is 16.3 Å². The number of halogens is 1. The average molecular weight is 361 g/mol. The zero-order valence-electron chi connectivity index (χ0n) is 13.1. The molecule has 3 aromatic rings. The van der Waals surface area contributed by atoms with Gasteiger partial charge in [0, 0.05) is 24.5 Å². The Morgan fingerprint density at radius 1 is 1.36 bits per heavy atom. The van der Waals surface area contributed by atoms with Crippen molar-refractivity contribution in [3.05, 3.63) is 63.6 Å². The van der Waals surface area contributed by atoms with Gasteiger partial charge in [0.2, 0.25) is 5.91 Å². The summed E-state index contributed by atoms with van der Waals surface area (Å²) < 4.78 is 6.84. The maximum atomic E-state index is 12.3. The Bertz CT molecular complexity index is 970. The zero-order valence-corrected chi connectivity index (χ0v) is 13.9. The van der Waals surface area contributed by atoms with Gasteiger partial charge < -0.3 is 14.5 Å². The number of carbonyl (C=O) groups is 1. The van der Waals surface area contributed by atoms with Gasteiger partial charge >= 0.3 is 0 Å². The predicted molar refractivity (Wildman–Crippen MR) is 92.2 cm³/mol. The molecule has 1 amide bonds. The minimum absolute atomic E-state index is 0.00510. The minimum atomic E-state index is -0.541. The van der Waals surface area contributed by atoms with E-state index in [0.29, 0.717) is 22.1 Å². The number of benzene rings is 1. The van der Waals surface area contributed by atoms with E-state index in [0.717, 1.165) is 0 Å². The van der Waals surface area contributed by atoms with Crippen LogP contribution in [-0.4, -0.2) is 27.3 Å². The molecule has 0 aliphatic rings. The minimum Gasteiger partial charge on any atom is -0.495 e. The van der Waals surface area contributed by atoms with Crippen molar-refractivity contribution in [2.75, 3.05) is 12.4 Å². The quantitative estimate of drug-likeness (QED) is 0.556. The Morgan fingerprint density at radius 3 is 2.88 bits per heavy atom. The van der Waals surface area contributed by atoms with Gasteiger partial charge in [0.05, 0.1) is 34.9 Å². The molecule has 1 N–H and O–H groups in total. The fourth-order valence-electron chi connectivity index (χ4n) is 2.37. The predicted octanol–water partition coefficient (Wildman–Crippen LogP) is 3.09. The monoisotopic (exact) mass is 360 g/mol. The number of non-ortho nitro benzene ring substituents is 1. The first-order valence-corrected chi connectivity index (χ1v) is 7.59. The number of pyridine rings is 1. The molecule has 0 saturated heterocycles. The van der Waals surface area contributed by atoms with Gasteiger partial charge in [0.15, 0.2) is 0 Å². The summed E-state index contributed by atoms with van der Waals surface area (Å²) >= 11 is 5.92. The third-order valence-electron chi connectivity index (χ3n) is 3.47. The van der Waals surface area contributed by atoms with Crippen LogP contribution in [-0.2, 0) is 11.2 Å². The normalized spacial score (nSPS) is 10.6. The highest BCUT2D eigenvalue weighted by Crippen LogP contribution is 2.29. The van der Waals surface area contributed by atoms with E-state index in [1.54, 1.807) is 28.9 Å². The second-order valence-corrected chi connectivity index (χ2v) is 5.65. The fourth-order valence-corrected chi connectivity index (χ4v) is 2.54. The van der Waals surface area contributed by atoms with Crippen LogP contribution in [0, 0.1) is 10.1 Å². The Labute approximate surface area is 147 Å². The highest BCUT2D eigenvalue weighted by Gasteiger charge is 2.15. The lowest BCUT2D eigenvalue weighted by atomic mass is 10.2. The maximum Gasteiger partial charge on any atom is 0.271 e.